The molecule has 0 N–H and O–H groups in total. The first-order chi connectivity index (χ1) is 8.99. The molecule has 1 saturated carbocycles. The third-order valence-electron chi connectivity index (χ3n) is 3.73. The second-order valence-electron chi connectivity index (χ2n) is 6.54. The van der Waals surface area contributed by atoms with Gasteiger partial charge >= 0.3 is 0 Å². The minimum atomic E-state index is 0.0214. The summed E-state index contributed by atoms with van der Waals surface area (Å²) in [6.07, 6.45) is 5.27. The van der Waals surface area contributed by atoms with E-state index in [0.29, 0.717) is 11.8 Å². The molecule has 1 fully saturated rings. The highest BCUT2D eigenvalue weighted by Crippen LogP contribution is 2.27. The van der Waals surface area contributed by atoms with E-state index in [2.05, 4.69) is 31.8 Å². The summed E-state index contributed by atoms with van der Waals surface area (Å²) in [5.74, 6) is 1.94. The molecule has 2 rings (SSSR count). The van der Waals surface area contributed by atoms with E-state index in [9.17, 15) is 0 Å². The lowest BCUT2D eigenvalue weighted by molar-refractivity contribution is 0.242. The standard InChI is InChI=1S/C16H24ClNO/c1-16(2,3)14-8-13(10-17)9-15(18-14)19-11-12-6-4-5-7-12/h8-9,12H,4-7,10-11H2,1-3H3. The van der Waals surface area contributed by atoms with Crippen LogP contribution in [0, 0.1) is 5.92 Å². The van der Waals surface area contributed by atoms with E-state index in [0.717, 1.165) is 23.7 Å². The van der Waals surface area contributed by atoms with E-state index >= 15 is 0 Å². The number of ether oxygens (including phenoxy) is 1. The predicted molar refractivity (Wildman–Crippen MR) is 79.9 cm³/mol. The number of aromatic nitrogens is 1. The topological polar surface area (TPSA) is 22.1 Å². The molecule has 0 bridgehead atoms. The molecule has 19 heavy (non-hydrogen) atoms. The maximum absolute atomic E-state index is 5.96. The van der Waals surface area contributed by atoms with Gasteiger partial charge in [0.2, 0.25) is 5.88 Å². The second-order valence-corrected chi connectivity index (χ2v) is 6.81. The van der Waals surface area contributed by atoms with Crippen LogP contribution >= 0.6 is 11.6 Å². The Morgan fingerprint density at radius 3 is 2.53 bits per heavy atom. The molecule has 0 aliphatic heterocycles. The molecule has 2 nitrogen and oxygen atoms in total. The molecule has 1 aliphatic carbocycles. The molecule has 0 atom stereocenters. The molecular weight excluding hydrogens is 258 g/mol. The lowest BCUT2D eigenvalue weighted by atomic mass is 9.91. The number of halogens is 1. The summed E-state index contributed by atoms with van der Waals surface area (Å²) < 4.78 is 5.90. The van der Waals surface area contributed by atoms with Gasteiger partial charge in [-0.05, 0) is 30.4 Å². The van der Waals surface area contributed by atoms with Crippen LogP contribution in [0.1, 0.15) is 57.7 Å². The van der Waals surface area contributed by atoms with Gasteiger partial charge in [-0.15, -0.1) is 11.6 Å². The van der Waals surface area contributed by atoms with Crippen LogP contribution in [0.2, 0.25) is 0 Å². The van der Waals surface area contributed by atoms with Crippen LogP contribution in [0.3, 0.4) is 0 Å². The van der Waals surface area contributed by atoms with Crippen LogP contribution in [0.25, 0.3) is 0 Å². The van der Waals surface area contributed by atoms with Crippen molar-refractivity contribution in [2.45, 2.75) is 57.7 Å². The largest absolute Gasteiger partial charge is 0.477 e. The van der Waals surface area contributed by atoms with Gasteiger partial charge in [0.1, 0.15) is 0 Å². The van der Waals surface area contributed by atoms with Crippen molar-refractivity contribution in [2.75, 3.05) is 6.61 Å². The number of alkyl halides is 1. The zero-order valence-electron chi connectivity index (χ0n) is 12.2. The number of hydrogen-bond donors (Lipinski definition) is 0. The summed E-state index contributed by atoms with van der Waals surface area (Å²) in [6.45, 7) is 7.28. The van der Waals surface area contributed by atoms with E-state index in [-0.39, 0.29) is 5.41 Å². The third kappa shape index (κ3) is 4.10. The summed E-state index contributed by atoms with van der Waals surface area (Å²) in [5.41, 5.74) is 2.16. The molecule has 0 spiro atoms. The first-order valence-corrected chi connectivity index (χ1v) is 7.72. The van der Waals surface area contributed by atoms with Crippen molar-refractivity contribution in [2.24, 2.45) is 5.92 Å². The van der Waals surface area contributed by atoms with Crippen molar-refractivity contribution in [3.8, 4) is 5.88 Å². The normalized spacial score (nSPS) is 16.8. The fourth-order valence-electron chi connectivity index (χ4n) is 2.47. The first-order valence-electron chi connectivity index (χ1n) is 7.19. The van der Waals surface area contributed by atoms with Gasteiger partial charge in [0.05, 0.1) is 12.3 Å². The van der Waals surface area contributed by atoms with Crippen molar-refractivity contribution < 1.29 is 4.74 Å². The number of nitrogens with zero attached hydrogens (tertiary/aromatic N) is 1. The van der Waals surface area contributed by atoms with Crippen molar-refractivity contribution in [1.82, 2.24) is 4.98 Å². The maximum atomic E-state index is 5.96. The molecule has 1 aromatic heterocycles. The van der Waals surface area contributed by atoms with Gasteiger partial charge in [-0.3, -0.25) is 0 Å². The van der Waals surface area contributed by atoms with Gasteiger partial charge in [-0.1, -0.05) is 33.6 Å². The molecule has 0 radical (unpaired) electrons. The fraction of sp³-hybridized carbons (Fsp3) is 0.688. The Morgan fingerprint density at radius 2 is 1.95 bits per heavy atom. The predicted octanol–water partition coefficient (Wildman–Crippen LogP) is 4.69. The van der Waals surface area contributed by atoms with E-state index in [1.807, 2.05) is 6.07 Å². The Bertz CT molecular complexity index is 419. The van der Waals surface area contributed by atoms with E-state index in [4.69, 9.17) is 16.3 Å². The smallest absolute Gasteiger partial charge is 0.213 e. The quantitative estimate of drug-likeness (QED) is 0.747. The van der Waals surface area contributed by atoms with Crippen LogP contribution in [0.4, 0.5) is 0 Å². The van der Waals surface area contributed by atoms with Crippen LogP contribution < -0.4 is 4.74 Å². The average Bonchev–Trinajstić information content (AvgIpc) is 2.88. The van der Waals surface area contributed by atoms with Gasteiger partial charge in [0.25, 0.3) is 0 Å². The SMILES string of the molecule is CC(C)(C)c1cc(CCl)cc(OCC2CCCC2)n1. The molecule has 0 saturated heterocycles. The number of hydrogen-bond acceptors (Lipinski definition) is 2. The third-order valence-corrected chi connectivity index (χ3v) is 4.03. The van der Waals surface area contributed by atoms with E-state index in [1.165, 1.54) is 25.7 Å². The van der Waals surface area contributed by atoms with Gasteiger partial charge < -0.3 is 4.74 Å². The summed E-state index contributed by atoms with van der Waals surface area (Å²) in [5, 5.41) is 0. The average molecular weight is 282 g/mol. The van der Waals surface area contributed by atoms with Crippen molar-refractivity contribution in [1.29, 1.82) is 0 Å². The summed E-state index contributed by atoms with van der Waals surface area (Å²) in [7, 11) is 0. The lowest BCUT2D eigenvalue weighted by Gasteiger charge is -2.20. The Kier molecular flexibility index (Phi) is 4.72. The Hall–Kier alpha value is -0.760. The summed E-state index contributed by atoms with van der Waals surface area (Å²) in [6, 6.07) is 4.05. The molecule has 0 unspecified atom stereocenters. The Morgan fingerprint density at radius 1 is 1.26 bits per heavy atom. The molecule has 0 aromatic carbocycles. The Balaban J connectivity index is 2.10. The minimum absolute atomic E-state index is 0.0214. The molecule has 1 heterocycles. The van der Waals surface area contributed by atoms with Crippen molar-refractivity contribution in [3.63, 3.8) is 0 Å². The monoisotopic (exact) mass is 281 g/mol. The van der Waals surface area contributed by atoms with Crippen molar-refractivity contribution >= 4 is 11.6 Å². The van der Waals surface area contributed by atoms with Crippen molar-refractivity contribution in [3.05, 3.63) is 23.4 Å². The van der Waals surface area contributed by atoms with Gasteiger partial charge in [0, 0.05) is 17.4 Å². The van der Waals surface area contributed by atoms with Crippen LogP contribution in [0.5, 0.6) is 5.88 Å². The van der Waals surface area contributed by atoms with Gasteiger partial charge in [-0.25, -0.2) is 4.98 Å². The fourth-order valence-corrected chi connectivity index (χ4v) is 2.63. The van der Waals surface area contributed by atoms with Crippen LogP contribution in [-0.2, 0) is 11.3 Å². The molecule has 1 aliphatic rings. The lowest BCUT2D eigenvalue weighted by Crippen LogP contribution is -2.16. The summed E-state index contributed by atoms with van der Waals surface area (Å²) in [4.78, 5) is 4.63. The van der Waals surface area contributed by atoms with Crippen LogP contribution in [0.15, 0.2) is 12.1 Å². The highest BCUT2D eigenvalue weighted by molar-refractivity contribution is 6.17. The number of pyridine rings is 1. The zero-order valence-corrected chi connectivity index (χ0v) is 13.0. The molecule has 106 valence electrons. The van der Waals surface area contributed by atoms with Crippen LogP contribution in [-0.4, -0.2) is 11.6 Å². The minimum Gasteiger partial charge on any atom is -0.477 e. The molecule has 1 aromatic rings. The molecule has 0 amide bonds. The molecule has 3 heteroatoms. The number of rotatable bonds is 4. The van der Waals surface area contributed by atoms with E-state index < -0.39 is 0 Å². The summed E-state index contributed by atoms with van der Waals surface area (Å²) >= 11 is 5.96. The van der Waals surface area contributed by atoms with E-state index in [1.54, 1.807) is 0 Å². The first kappa shape index (κ1) is 14.6. The van der Waals surface area contributed by atoms with Gasteiger partial charge in [0.15, 0.2) is 0 Å². The highest BCUT2D eigenvalue weighted by atomic mass is 35.5. The molecular formula is C16H24ClNO. The van der Waals surface area contributed by atoms with Gasteiger partial charge in [-0.2, -0.15) is 0 Å². The highest BCUT2D eigenvalue weighted by Gasteiger charge is 2.19. The maximum Gasteiger partial charge on any atom is 0.213 e. The second kappa shape index (κ2) is 6.13. The zero-order chi connectivity index (χ0) is 13.9. The Labute approximate surface area is 121 Å².